The normalized spacial score (nSPS) is 12.7. The summed E-state index contributed by atoms with van der Waals surface area (Å²) in [5, 5.41) is 18.6. The molecule has 24 heavy (non-hydrogen) atoms. The van der Waals surface area contributed by atoms with Gasteiger partial charge in [0.05, 0.1) is 26.4 Å². The van der Waals surface area contributed by atoms with Gasteiger partial charge < -0.3 is 19.7 Å². The SMILES string of the molecule is C=C/C=C(OCCC(C)(CO)CO)\C(=C/C)CCOC(=O)C(=C)C. The number of hydrogen-bond donors (Lipinski definition) is 2. The van der Waals surface area contributed by atoms with Crippen LogP contribution < -0.4 is 0 Å². The molecule has 0 saturated carbocycles. The van der Waals surface area contributed by atoms with E-state index in [1.807, 2.05) is 13.0 Å². The highest BCUT2D eigenvalue weighted by Crippen LogP contribution is 2.22. The summed E-state index contributed by atoms with van der Waals surface area (Å²) in [7, 11) is 0. The molecular weight excluding hydrogens is 308 g/mol. The highest BCUT2D eigenvalue weighted by atomic mass is 16.5. The number of carbonyl (C=O) groups is 1. The van der Waals surface area contributed by atoms with E-state index in [1.165, 1.54) is 0 Å². The summed E-state index contributed by atoms with van der Waals surface area (Å²) in [5.74, 6) is 0.222. The van der Waals surface area contributed by atoms with Crippen LogP contribution >= 0.6 is 0 Å². The summed E-state index contributed by atoms with van der Waals surface area (Å²) >= 11 is 0. The van der Waals surface area contributed by atoms with Crippen molar-refractivity contribution >= 4 is 5.97 Å². The minimum absolute atomic E-state index is 0.110. The van der Waals surface area contributed by atoms with Crippen LogP contribution in [0.15, 0.2) is 48.3 Å². The number of ether oxygens (including phenoxy) is 2. The van der Waals surface area contributed by atoms with Crippen molar-refractivity contribution in [1.29, 1.82) is 0 Å². The third-order valence-electron chi connectivity index (χ3n) is 3.61. The molecule has 0 atom stereocenters. The summed E-state index contributed by atoms with van der Waals surface area (Å²) in [6.45, 7) is 12.8. The van der Waals surface area contributed by atoms with E-state index in [1.54, 1.807) is 26.0 Å². The number of hydrogen-bond acceptors (Lipinski definition) is 5. The Balaban J connectivity index is 4.66. The summed E-state index contributed by atoms with van der Waals surface area (Å²) in [6, 6.07) is 0. The van der Waals surface area contributed by atoms with E-state index in [-0.39, 0.29) is 19.8 Å². The molecular formula is C19H30O5. The summed E-state index contributed by atoms with van der Waals surface area (Å²) < 4.78 is 10.9. The Morgan fingerprint density at radius 3 is 2.29 bits per heavy atom. The second kappa shape index (κ2) is 11.6. The van der Waals surface area contributed by atoms with Gasteiger partial charge in [0.25, 0.3) is 0 Å². The third-order valence-corrected chi connectivity index (χ3v) is 3.61. The van der Waals surface area contributed by atoms with E-state index in [9.17, 15) is 15.0 Å². The number of allylic oxidation sites excluding steroid dienone is 4. The molecule has 0 aliphatic carbocycles. The average molecular weight is 338 g/mol. The van der Waals surface area contributed by atoms with Crippen LogP contribution in [0.2, 0.25) is 0 Å². The average Bonchev–Trinajstić information content (AvgIpc) is 2.57. The van der Waals surface area contributed by atoms with Gasteiger partial charge >= 0.3 is 5.97 Å². The summed E-state index contributed by atoms with van der Waals surface area (Å²) in [4.78, 5) is 11.4. The van der Waals surface area contributed by atoms with E-state index >= 15 is 0 Å². The predicted molar refractivity (Wildman–Crippen MR) is 95.3 cm³/mol. The second-order valence-electron chi connectivity index (χ2n) is 5.97. The molecule has 2 N–H and O–H groups in total. The highest BCUT2D eigenvalue weighted by Gasteiger charge is 2.22. The molecule has 0 aliphatic rings. The van der Waals surface area contributed by atoms with Crippen molar-refractivity contribution in [2.45, 2.75) is 33.6 Å². The topological polar surface area (TPSA) is 76.0 Å². The Bertz CT molecular complexity index is 484. The van der Waals surface area contributed by atoms with Crippen LogP contribution in [0, 0.1) is 5.41 Å². The van der Waals surface area contributed by atoms with Gasteiger partial charge in [-0.15, -0.1) is 0 Å². The largest absolute Gasteiger partial charge is 0.493 e. The molecule has 5 heteroatoms. The highest BCUT2D eigenvalue weighted by molar-refractivity contribution is 5.86. The molecule has 0 rings (SSSR count). The molecule has 0 spiro atoms. The van der Waals surface area contributed by atoms with Gasteiger partial charge in [0.1, 0.15) is 5.76 Å². The molecule has 136 valence electrons. The van der Waals surface area contributed by atoms with E-state index in [0.717, 1.165) is 5.57 Å². The Morgan fingerprint density at radius 2 is 1.83 bits per heavy atom. The van der Waals surface area contributed by atoms with Gasteiger partial charge in [-0.2, -0.15) is 0 Å². The maximum atomic E-state index is 11.4. The van der Waals surface area contributed by atoms with Crippen molar-refractivity contribution in [3.63, 3.8) is 0 Å². The van der Waals surface area contributed by atoms with E-state index in [0.29, 0.717) is 30.8 Å². The fraction of sp³-hybridized carbons (Fsp3) is 0.526. The monoisotopic (exact) mass is 338 g/mol. The Morgan fingerprint density at radius 1 is 1.21 bits per heavy atom. The standard InChI is InChI=1S/C19H30O5/c1-6-8-17(23-12-10-19(5,13-20)14-21)16(7-2)9-11-24-18(22)15(3)4/h6-8,20-21H,1,3,9-14H2,2,4-5H3/b16-7-,17-8+. The molecule has 0 aromatic carbocycles. The van der Waals surface area contributed by atoms with E-state index in [4.69, 9.17) is 9.47 Å². The zero-order valence-corrected chi connectivity index (χ0v) is 15.0. The molecule has 0 saturated heterocycles. The Kier molecular flexibility index (Phi) is 10.8. The fourth-order valence-electron chi connectivity index (χ4n) is 1.76. The van der Waals surface area contributed by atoms with Crippen molar-refractivity contribution in [2.75, 3.05) is 26.4 Å². The first-order chi connectivity index (χ1) is 11.3. The maximum absolute atomic E-state index is 11.4. The lowest BCUT2D eigenvalue weighted by atomic mass is 9.89. The molecule has 5 nitrogen and oxygen atoms in total. The van der Waals surface area contributed by atoms with Crippen molar-refractivity contribution in [2.24, 2.45) is 5.41 Å². The lowest BCUT2D eigenvalue weighted by Gasteiger charge is -2.25. The first-order valence-corrected chi connectivity index (χ1v) is 7.99. The minimum Gasteiger partial charge on any atom is -0.493 e. The van der Waals surface area contributed by atoms with Crippen molar-refractivity contribution in [1.82, 2.24) is 0 Å². The van der Waals surface area contributed by atoms with Crippen molar-refractivity contribution < 1.29 is 24.5 Å². The van der Waals surface area contributed by atoms with Crippen molar-refractivity contribution in [3.8, 4) is 0 Å². The Hall–Kier alpha value is -1.85. The molecule has 0 radical (unpaired) electrons. The van der Waals surface area contributed by atoms with Crippen LogP contribution in [0.5, 0.6) is 0 Å². The quantitative estimate of drug-likeness (QED) is 0.248. The van der Waals surface area contributed by atoms with Gasteiger partial charge in [-0.05, 0) is 31.9 Å². The second-order valence-corrected chi connectivity index (χ2v) is 5.97. The van der Waals surface area contributed by atoms with Crippen LogP contribution in [0.1, 0.15) is 33.6 Å². The number of aliphatic hydroxyl groups is 2. The van der Waals surface area contributed by atoms with Gasteiger partial charge in [-0.1, -0.05) is 32.2 Å². The molecule has 0 fully saturated rings. The third kappa shape index (κ3) is 8.13. The van der Waals surface area contributed by atoms with Gasteiger partial charge in [0.2, 0.25) is 0 Å². The molecule has 0 heterocycles. The van der Waals surface area contributed by atoms with E-state index < -0.39 is 11.4 Å². The lowest BCUT2D eigenvalue weighted by molar-refractivity contribution is -0.138. The van der Waals surface area contributed by atoms with E-state index in [2.05, 4.69) is 13.2 Å². The van der Waals surface area contributed by atoms with Gasteiger partial charge in [-0.3, -0.25) is 0 Å². The summed E-state index contributed by atoms with van der Waals surface area (Å²) in [6.07, 6.45) is 6.27. The molecule has 0 amide bonds. The number of rotatable bonds is 12. The van der Waals surface area contributed by atoms with Gasteiger partial charge in [0, 0.05) is 17.4 Å². The first kappa shape index (κ1) is 22.1. The first-order valence-electron chi connectivity index (χ1n) is 7.99. The van der Waals surface area contributed by atoms with Crippen LogP contribution in [0.25, 0.3) is 0 Å². The van der Waals surface area contributed by atoms with Crippen LogP contribution in [-0.4, -0.2) is 42.6 Å². The van der Waals surface area contributed by atoms with Gasteiger partial charge in [-0.25, -0.2) is 4.79 Å². The van der Waals surface area contributed by atoms with Crippen LogP contribution in [-0.2, 0) is 14.3 Å². The molecule has 0 aliphatic heterocycles. The lowest BCUT2D eigenvalue weighted by Crippen LogP contribution is -2.27. The number of carbonyl (C=O) groups excluding carboxylic acids is 1. The maximum Gasteiger partial charge on any atom is 0.333 e. The van der Waals surface area contributed by atoms with Crippen molar-refractivity contribution in [3.05, 3.63) is 48.3 Å². The molecule has 0 bridgehead atoms. The number of aliphatic hydroxyl groups excluding tert-OH is 2. The zero-order chi connectivity index (χ0) is 18.6. The predicted octanol–water partition coefficient (Wildman–Crippen LogP) is 2.91. The van der Waals surface area contributed by atoms with Crippen LogP contribution in [0.3, 0.4) is 0 Å². The van der Waals surface area contributed by atoms with Crippen LogP contribution in [0.4, 0.5) is 0 Å². The minimum atomic E-state index is -0.577. The fourth-order valence-corrected chi connectivity index (χ4v) is 1.76. The van der Waals surface area contributed by atoms with Gasteiger partial charge in [0.15, 0.2) is 0 Å². The zero-order valence-electron chi connectivity index (χ0n) is 15.0. The molecule has 0 aromatic heterocycles. The smallest absolute Gasteiger partial charge is 0.333 e. The molecule has 0 unspecified atom stereocenters. The number of esters is 1. The molecule has 0 aromatic rings. The Labute approximate surface area is 145 Å². The summed E-state index contributed by atoms with van der Waals surface area (Å²) in [5.41, 5.74) is 0.674.